The molecule has 1 aliphatic heterocycles. The van der Waals surface area contributed by atoms with E-state index in [1.54, 1.807) is 16.8 Å². The number of rotatable bonds is 3. The summed E-state index contributed by atoms with van der Waals surface area (Å²) in [5, 5.41) is 7.97. The van der Waals surface area contributed by atoms with E-state index in [1.807, 2.05) is 5.38 Å². The number of halogens is 2. The average Bonchev–Trinajstić information content (AvgIpc) is 2.87. The van der Waals surface area contributed by atoms with E-state index < -0.39 is 0 Å². The lowest BCUT2D eigenvalue weighted by Gasteiger charge is -2.09. The summed E-state index contributed by atoms with van der Waals surface area (Å²) in [4.78, 5) is 15.6. The Morgan fingerprint density at radius 2 is 2.44 bits per heavy atom. The van der Waals surface area contributed by atoms with Crippen molar-refractivity contribution in [3.05, 3.63) is 16.6 Å². The van der Waals surface area contributed by atoms with E-state index in [9.17, 15) is 4.79 Å². The Morgan fingerprint density at radius 3 is 3.00 bits per heavy atom. The van der Waals surface area contributed by atoms with Crippen LogP contribution in [0.3, 0.4) is 0 Å². The molecule has 0 saturated carbocycles. The predicted molar refractivity (Wildman–Crippen MR) is 69.5 cm³/mol. The van der Waals surface area contributed by atoms with Crippen LogP contribution in [0, 0.1) is 0 Å². The molecule has 0 spiro atoms. The van der Waals surface area contributed by atoms with E-state index in [-0.39, 0.29) is 36.8 Å². The highest BCUT2D eigenvalue weighted by molar-refractivity contribution is 7.07. The van der Waals surface area contributed by atoms with Gasteiger partial charge in [-0.05, 0) is 19.4 Å². The molecule has 2 rings (SSSR count). The van der Waals surface area contributed by atoms with Crippen molar-refractivity contribution in [2.45, 2.75) is 25.4 Å². The summed E-state index contributed by atoms with van der Waals surface area (Å²) in [6, 6.07) is 0.00800. The largest absolute Gasteiger partial charge is 0.349 e. The highest BCUT2D eigenvalue weighted by Gasteiger charge is 2.21. The van der Waals surface area contributed by atoms with Gasteiger partial charge in [0.1, 0.15) is 0 Å². The summed E-state index contributed by atoms with van der Waals surface area (Å²) in [6.45, 7) is 1.50. The SMILES string of the molecule is Cl.Cl.O=C(NCc1cscn1)C1CCCN1. The molecule has 1 aromatic heterocycles. The number of thiazole rings is 1. The molecule has 2 N–H and O–H groups in total. The lowest BCUT2D eigenvalue weighted by molar-refractivity contribution is -0.122. The second-order valence-electron chi connectivity index (χ2n) is 3.35. The molecule has 2 heterocycles. The quantitative estimate of drug-likeness (QED) is 0.881. The van der Waals surface area contributed by atoms with E-state index in [2.05, 4.69) is 15.6 Å². The first-order chi connectivity index (χ1) is 6.86. The van der Waals surface area contributed by atoms with Gasteiger partial charge in [0.05, 0.1) is 23.8 Å². The number of hydrogen-bond acceptors (Lipinski definition) is 4. The van der Waals surface area contributed by atoms with Gasteiger partial charge in [0.15, 0.2) is 0 Å². The molecule has 0 radical (unpaired) electrons. The molecule has 0 bridgehead atoms. The molecule has 0 aromatic carbocycles. The lowest BCUT2D eigenvalue weighted by Crippen LogP contribution is -2.40. The van der Waals surface area contributed by atoms with Crippen LogP contribution in [-0.4, -0.2) is 23.5 Å². The number of nitrogens with zero attached hydrogens (tertiary/aromatic N) is 1. The van der Waals surface area contributed by atoms with E-state index in [4.69, 9.17) is 0 Å². The second kappa shape index (κ2) is 7.84. The summed E-state index contributed by atoms with van der Waals surface area (Å²) in [7, 11) is 0. The molecule has 1 aromatic rings. The predicted octanol–water partition coefficient (Wildman–Crippen LogP) is 1.35. The number of nitrogens with one attached hydrogen (secondary N) is 2. The Labute approximate surface area is 111 Å². The molecule has 4 nitrogen and oxygen atoms in total. The van der Waals surface area contributed by atoms with E-state index in [0.29, 0.717) is 6.54 Å². The second-order valence-corrected chi connectivity index (χ2v) is 4.07. The highest BCUT2D eigenvalue weighted by Crippen LogP contribution is 2.05. The Morgan fingerprint density at radius 1 is 1.62 bits per heavy atom. The molecule has 0 aliphatic carbocycles. The van der Waals surface area contributed by atoms with Gasteiger partial charge in [-0.15, -0.1) is 36.2 Å². The van der Waals surface area contributed by atoms with Gasteiger partial charge >= 0.3 is 0 Å². The molecule has 1 amide bonds. The maximum Gasteiger partial charge on any atom is 0.237 e. The molecular formula is C9H15Cl2N3OS. The van der Waals surface area contributed by atoms with Gasteiger partial charge in [-0.25, -0.2) is 4.98 Å². The van der Waals surface area contributed by atoms with Gasteiger partial charge in [0.2, 0.25) is 5.91 Å². The van der Waals surface area contributed by atoms with Gasteiger partial charge in [-0.3, -0.25) is 4.79 Å². The smallest absolute Gasteiger partial charge is 0.237 e. The van der Waals surface area contributed by atoms with Crippen LogP contribution in [-0.2, 0) is 11.3 Å². The summed E-state index contributed by atoms with van der Waals surface area (Å²) in [5.41, 5.74) is 2.70. The molecule has 1 atom stereocenters. The van der Waals surface area contributed by atoms with Gasteiger partial charge < -0.3 is 10.6 Å². The third-order valence-electron chi connectivity index (χ3n) is 2.30. The van der Waals surface area contributed by atoms with Gasteiger partial charge in [0, 0.05) is 5.38 Å². The number of aromatic nitrogens is 1. The zero-order valence-corrected chi connectivity index (χ0v) is 11.1. The number of carbonyl (C=O) groups excluding carboxylic acids is 1. The molecule has 1 fully saturated rings. The van der Waals surface area contributed by atoms with Crippen molar-refractivity contribution in [1.29, 1.82) is 0 Å². The van der Waals surface area contributed by atoms with Crippen LogP contribution in [0.2, 0.25) is 0 Å². The minimum absolute atomic E-state index is 0. The first-order valence-electron chi connectivity index (χ1n) is 4.74. The normalized spacial score (nSPS) is 18.4. The van der Waals surface area contributed by atoms with Crippen LogP contribution in [0.15, 0.2) is 10.9 Å². The molecule has 92 valence electrons. The summed E-state index contributed by atoms with van der Waals surface area (Å²) < 4.78 is 0. The minimum atomic E-state index is 0. The average molecular weight is 284 g/mol. The van der Waals surface area contributed by atoms with E-state index in [1.165, 1.54) is 0 Å². The standard InChI is InChI=1S/C9H13N3OS.2ClH/c13-9(8-2-1-3-10-8)11-4-7-5-14-6-12-7;;/h5-6,8,10H,1-4H2,(H,11,13);2*1H. The first-order valence-corrected chi connectivity index (χ1v) is 5.69. The Kier molecular flexibility index (Phi) is 7.66. The van der Waals surface area contributed by atoms with Gasteiger partial charge in [-0.2, -0.15) is 0 Å². The van der Waals surface area contributed by atoms with E-state index >= 15 is 0 Å². The van der Waals surface area contributed by atoms with Crippen molar-refractivity contribution in [3.63, 3.8) is 0 Å². The van der Waals surface area contributed by atoms with Crippen LogP contribution >= 0.6 is 36.2 Å². The molecule has 1 saturated heterocycles. The fourth-order valence-electron chi connectivity index (χ4n) is 1.53. The van der Waals surface area contributed by atoms with Crippen molar-refractivity contribution in [2.75, 3.05) is 6.54 Å². The van der Waals surface area contributed by atoms with Crippen LogP contribution < -0.4 is 10.6 Å². The Hall–Kier alpha value is -0.360. The first kappa shape index (κ1) is 15.6. The zero-order valence-electron chi connectivity index (χ0n) is 8.64. The van der Waals surface area contributed by atoms with Crippen molar-refractivity contribution >= 4 is 42.1 Å². The zero-order chi connectivity index (χ0) is 9.80. The van der Waals surface area contributed by atoms with Crippen LogP contribution in [0.5, 0.6) is 0 Å². The van der Waals surface area contributed by atoms with Crippen LogP contribution in [0.1, 0.15) is 18.5 Å². The van der Waals surface area contributed by atoms with Gasteiger partial charge in [-0.1, -0.05) is 0 Å². The fraction of sp³-hybridized carbons (Fsp3) is 0.556. The van der Waals surface area contributed by atoms with Crippen molar-refractivity contribution in [2.24, 2.45) is 0 Å². The van der Waals surface area contributed by atoms with Crippen molar-refractivity contribution in [3.8, 4) is 0 Å². The van der Waals surface area contributed by atoms with E-state index in [0.717, 1.165) is 25.1 Å². The Bertz CT molecular complexity index is 302. The van der Waals surface area contributed by atoms with Crippen LogP contribution in [0.25, 0.3) is 0 Å². The molecule has 7 heteroatoms. The number of hydrogen-bond donors (Lipinski definition) is 2. The summed E-state index contributed by atoms with van der Waals surface area (Å²) in [6.07, 6.45) is 2.04. The third-order valence-corrected chi connectivity index (χ3v) is 2.94. The monoisotopic (exact) mass is 283 g/mol. The lowest BCUT2D eigenvalue weighted by atomic mass is 10.2. The molecule has 1 unspecified atom stereocenters. The number of carbonyl (C=O) groups is 1. The summed E-state index contributed by atoms with van der Waals surface area (Å²) >= 11 is 1.55. The maximum atomic E-state index is 11.5. The van der Waals surface area contributed by atoms with Gasteiger partial charge in [0.25, 0.3) is 0 Å². The Balaban J connectivity index is 0.00000112. The van der Waals surface area contributed by atoms with Crippen molar-refractivity contribution < 1.29 is 4.79 Å². The fourth-order valence-corrected chi connectivity index (χ4v) is 2.09. The third kappa shape index (κ3) is 4.25. The topological polar surface area (TPSA) is 54.0 Å². The maximum absolute atomic E-state index is 11.5. The van der Waals surface area contributed by atoms with Crippen molar-refractivity contribution in [1.82, 2.24) is 15.6 Å². The molecule has 1 aliphatic rings. The number of amides is 1. The molecular weight excluding hydrogens is 269 g/mol. The highest BCUT2D eigenvalue weighted by atomic mass is 35.5. The summed E-state index contributed by atoms with van der Waals surface area (Å²) in [5.74, 6) is 0.0931. The molecule has 16 heavy (non-hydrogen) atoms. The van der Waals surface area contributed by atoms with Crippen LogP contribution in [0.4, 0.5) is 0 Å². The minimum Gasteiger partial charge on any atom is -0.349 e.